The Morgan fingerprint density at radius 1 is 1.00 bits per heavy atom. The Bertz CT molecular complexity index is 1160. The van der Waals surface area contributed by atoms with Crippen LogP contribution < -0.4 is 5.32 Å². The molecule has 4 rings (SSSR count). The van der Waals surface area contributed by atoms with Gasteiger partial charge in [-0.25, -0.2) is 0 Å². The molecule has 3 aromatic rings. The van der Waals surface area contributed by atoms with Gasteiger partial charge in [0, 0.05) is 17.7 Å². The van der Waals surface area contributed by atoms with Gasteiger partial charge in [-0.2, -0.15) is 0 Å². The number of nitrogens with one attached hydrogen (secondary N) is 1. The lowest BCUT2D eigenvalue weighted by atomic mass is 9.96. The van der Waals surface area contributed by atoms with Crippen molar-refractivity contribution in [1.29, 1.82) is 0 Å². The Morgan fingerprint density at radius 3 is 2.27 bits per heavy atom. The van der Waals surface area contributed by atoms with Gasteiger partial charge in [0.1, 0.15) is 11.3 Å². The smallest absolute Gasteiger partial charge is 0.266 e. The van der Waals surface area contributed by atoms with Crippen LogP contribution in [0.15, 0.2) is 89.6 Å². The Kier molecular flexibility index (Phi) is 5.41. The molecule has 30 heavy (non-hydrogen) atoms. The molecule has 6 heteroatoms. The van der Waals surface area contributed by atoms with E-state index >= 15 is 0 Å². The minimum absolute atomic E-state index is 0.0448. The molecule has 1 aliphatic rings. The second-order valence-corrected chi connectivity index (χ2v) is 7.03. The van der Waals surface area contributed by atoms with E-state index in [2.05, 4.69) is 11.9 Å². The van der Waals surface area contributed by atoms with E-state index in [-0.39, 0.29) is 17.2 Å². The minimum Gasteiger partial charge on any atom is -0.464 e. The summed E-state index contributed by atoms with van der Waals surface area (Å²) >= 11 is 5.11. The second kappa shape index (κ2) is 8.31. The maximum atomic E-state index is 12.9. The Hall–Kier alpha value is -3.77. The number of hydrogen-bond acceptors (Lipinski definition) is 4. The lowest BCUT2D eigenvalue weighted by molar-refractivity contribution is -0.128. The molecule has 2 heterocycles. The predicted octanol–water partition coefficient (Wildman–Crippen LogP) is 4.43. The van der Waals surface area contributed by atoms with E-state index in [1.165, 1.54) is 11.0 Å². The van der Waals surface area contributed by atoms with Crippen molar-refractivity contribution >= 4 is 35.2 Å². The van der Waals surface area contributed by atoms with E-state index in [1.54, 1.807) is 12.3 Å². The number of amides is 2. The molecular weight excluding hydrogens is 396 g/mol. The van der Waals surface area contributed by atoms with Crippen LogP contribution >= 0.6 is 12.2 Å². The molecule has 0 bridgehead atoms. The average Bonchev–Trinajstić information content (AvgIpc) is 3.19. The normalized spacial score (nSPS) is 15.4. The van der Waals surface area contributed by atoms with Crippen molar-refractivity contribution in [2.24, 2.45) is 0 Å². The largest absolute Gasteiger partial charge is 0.464 e. The zero-order chi connectivity index (χ0) is 21.1. The molecule has 0 aliphatic carbocycles. The molecule has 0 saturated carbocycles. The van der Waals surface area contributed by atoms with Gasteiger partial charge in [0.15, 0.2) is 5.11 Å². The highest BCUT2D eigenvalue weighted by Gasteiger charge is 2.33. The van der Waals surface area contributed by atoms with E-state index in [9.17, 15) is 9.59 Å². The van der Waals surface area contributed by atoms with Crippen molar-refractivity contribution in [2.45, 2.75) is 0 Å². The molecular formula is C24H18N2O3S. The second-order valence-electron chi connectivity index (χ2n) is 6.64. The van der Waals surface area contributed by atoms with Crippen LogP contribution in [0.3, 0.4) is 0 Å². The highest BCUT2D eigenvalue weighted by Crippen LogP contribution is 2.38. The van der Waals surface area contributed by atoms with Crippen LogP contribution in [0.1, 0.15) is 5.76 Å². The maximum absolute atomic E-state index is 12.9. The average molecular weight is 414 g/mol. The van der Waals surface area contributed by atoms with Gasteiger partial charge in [-0.05, 0) is 29.4 Å². The highest BCUT2D eigenvalue weighted by molar-refractivity contribution is 7.80. The van der Waals surface area contributed by atoms with E-state index < -0.39 is 11.8 Å². The fourth-order valence-electron chi connectivity index (χ4n) is 3.33. The first kappa shape index (κ1) is 19.5. The summed E-state index contributed by atoms with van der Waals surface area (Å²) in [6.45, 7) is 3.84. The summed E-state index contributed by atoms with van der Waals surface area (Å²) in [6, 6.07) is 19.5. The summed E-state index contributed by atoms with van der Waals surface area (Å²) in [5.74, 6) is -0.618. The van der Waals surface area contributed by atoms with Gasteiger partial charge >= 0.3 is 0 Å². The van der Waals surface area contributed by atoms with E-state index in [1.807, 2.05) is 60.7 Å². The van der Waals surface area contributed by atoms with Crippen LogP contribution in [0.2, 0.25) is 0 Å². The summed E-state index contributed by atoms with van der Waals surface area (Å²) in [4.78, 5) is 26.7. The van der Waals surface area contributed by atoms with E-state index in [0.29, 0.717) is 5.76 Å². The molecule has 2 aromatic carbocycles. The van der Waals surface area contributed by atoms with Gasteiger partial charge in [0.2, 0.25) is 0 Å². The zero-order valence-corrected chi connectivity index (χ0v) is 16.8. The monoisotopic (exact) mass is 414 g/mol. The third-order valence-electron chi connectivity index (χ3n) is 4.74. The zero-order valence-electron chi connectivity index (χ0n) is 16.0. The lowest BCUT2D eigenvalue weighted by Crippen LogP contribution is -2.53. The highest BCUT2D eigenvalue weighted by atomic mass is 32.1. The fraction of sp³-hybridized carbons (Fsp3) is 0.0417. The first-order chi connectivity index (χ1) is 14.6. The van der Waals surface area contributed by atoms with Gasteiger partial charge in [0.25, 0.3) is 11.8 Å². The lowest BCUT2D eigenvalue weighted by Gasteiger charge is -2.27. The standard InChI is InChI=1S/C24H18N2O3S/c1-2-13-26-23(28)18(22(27)25-24(26)30)14-20-21(17-11-7-4-8-12-17)19(15-29-20)16-9-5-3-6-10-16/h2-12,14-15H,1,13H2,(H,25,27,30)/b18-14-. The van der Waals surface area contributed by atoms with Crippen molar-refractivity contribution in [3.8, 4) is 22.3 Å². The van der Waals surface area contributed by atoms with Crippen LogP contribution in [0.25, 0.3) is 28.3 Å². The third-order valence-corrected chi connectivity index (χ3v) is 5.06. The molecule has 2 amide bonds. The van der Waals surface area contributed by atoms with Crippen molar-refractivity contribution in [2.75, 3.05) is 6.54 Å². The molecule has 1 N–H and O–H groups in total. The Labute approximate surface area is 179 Å². The molecule has 1 aromatic heterocycles. The van der Waals surface area contributed by atoms with Crippen molar-refractivity contribution in [3.63, 3.8) is 0 Å². The number of rotatable bonds is 5. The van der Waals surface area contributed by atoms with Crippen molar-refractivity contribution in [1.82, 2.24) is 10.2 Å². The summed E-state index contributed by atoms with van der Waals surface area (Å²) in [5, 5.41) is 2.62. The molecule has 0 unspecified atom stereocenters. The molecule has 148 valence electrons. The number of hydrogen-bond donors (Lipinski definition) is 1. The van der Waals surface area contributed by atoms with Gasteiger partial charge in [-0.15, -0.1) is 6.58 Å². The first-order valence-electron chi connectivity index (χ1n) is 9.32. The summed E-state index contributed by atoms with van der Waals surface area (Å²) < 4.78 is 5.85. The molecule has 1 fully saturated rings. The van der Waals surface area contributed by atoms with Crippen LogP contribution in [-0.4, -0.2) is 28.4 Å². The fourth-order valence-corrected chi connectivity index (χ4v) is 3.58. The topological polar surface area (TPSA) is 62.6 Å². The van der Waals surface area contributed by atoms with Crippen LogP contribution in [0.5, 0.6) is 0 Å². The van der Waals surface area contributed by atoms with Gasteiger partial charge < -0.3 is 4.42 Å². The molecule has 0 atom stereocenters. The van der Waals surface area contributed by atoms with Crippen molar-refractivity contribution in [3.05, 3.63) is 90.9 Å². The van der Waals surface area contributed by atoms with Crippen molar-refractivity contribution < 1.29 is 14.0 Å². The minimum atomic E-state index is -0.554. The SMILES string of the molecule is C=CCN1C(=O)/C(=C\c2occ(-c3ccccc3)c2-c2ccccc2)C(=O)NC1=S. The molecule has 0 radical (unpaired) electrons. The molecule has 0 spiro atoms. The van der Waals surface area contributed by atoms with Crippen LogP contribution in [-0.2, 0) is 9.59 Å². The van der Waals surface area contributed by atoms with Crippen LogP contribution in [0.4, 0.5) is 0 Å². The van der Waals surface area contributed by atoms with Gasteiger partial charge in [0.05, 0.1) is 6.26 Å². The first-order valence-corrected chi connectivity index (χ1v) is 9.73. The summed E-state index contributed by atoms with van der Waals surface area (Å²) in [6.07, 6.45) is 4.67. The number of furan rings is 1. The molecule has 5 nitrogen and oxygen atoms in total. The summed E-state index contributed by atoms with van der Waals surface area (Å²) in [7, 11) is 0. The number of nitrogens with zero attached hydrogens (tertiary/aromatic N) is 1. The summed E-state index contributed by atoms with van der Waals surface area (Å²) in [5.41, 5.74) is 3.52. The quantitative estimate of drug-likeness (QED) is 0.290. The molecule has 1 aliphatic heterocycles. The number of benzene rings is 2. The Balaban J connectivity index is 1.86. The maximum Gasteiger partial charge on any atom is 0.266 e. The van der Waals surface area contributed by atoms with Crippen LogP contribution in [0, 0.1) is 0 Å². The van der Waals surface area contributed by atoms with Gasteiger partial charge in [-0.1, -0.05) is 66.7 Å². The number of thiocarbonyl (C=S) groups is 1. The van der Waals surface area contributed by atoms with E-state index in [0.717, 1.165) is 22.3 Å². The number of carbonyl (C=O) groups excluding carboxylic acids is 2. The van der Waals surface area contributed by atoms with E-state index in [4.69, 9.17) is 16.6 Å². The Morgan fingerprint density at radius 2 is 1.63 bits per heavy atom. The third kappa shape index (κ3) is 3.60. The van der Waals surface area contributed by atoms with Gasteiger partial charge in [-0.3, -0.25) is 19.8 Å². The number of carbonyl (C=O) groups is 2. The molecule has 1 saturated heterocycles. The predicted molar refractivity (Wildman–Crippen MR) is 120 cm³/mol.